The Balaban J connectivity index is 0. The number of rotatable bonds is 3. The molecular weight excluding hydrogens is 316 g/mol. The summed E-state index contributed by atoms with van der Waals surface area (Å²) in [5, 5.41) is 38.8. The number of hydrogen-bond acceptors (Lipinski definition) is 5. The zero-order valence-corrected chi connectivity index (χ0v) is 11.3. The van der Waals surface area contributed by atoms with Crippen molar-refractivity contribution in [3.63, 3.8) is 0 Å². The van der Waals surface area contributed by atoms with Crippen LogP contribution in [0.3, 0.4) is 0 Å². The highest BCUT2D eigenvalue weighted by molar-refractivity contribution is 6.27. The topological polar surface area (TPSA) is 186 Å². The van der Waals surface area contributed by atoms with E-state index < -0.39 is 29.8 Å². The molecule has 0 bridgehead atoms. The molecule has 10 nitrogen and oxygen atoms in total. The molecule has 1 rings (SSSR count). The van der Waals surface area contributed by atoms with E-state index in [1.165, 1.54) is 0 Å². The van der Waals surface area contributed by atoms with Crippen LogP contribution in [0.25, 0.3) is 0 Å². The van der Waals surface area contributed by atoms with Crippen molar-refractivity contribution in [2.75, 3.05) is 0 Å². The van der Waals surface area contributed by atoms with Gasteiger partial charge in [0, 0.05) is 12.2 Å². The molecule has 0 fully saturated rings. The van der Waals surface area contributed by atoms with Crippen molar-refractivity contribution in [2.24, 2.45) is 0 Å². The summed E-state index contributed by atoms with van der Waals surface area (Å²) in [4.78, 5) is 47.5. The summed E-state index contributed by atoms with van der Waals surface area (Å²) in [5.74, 6) is -7.04. The standard InChI is InChI=1S/C7H6O2.C4H4O4.C2H2O4/c8-7(9)6-4-2-1-3-5-6;5-3(6)1-2-4(7)8;3-1(4)2(5)6/h1-5H,(H,8,9);1-2H,(H,5,6)(H,7,8);(H,3,4)(H,5,6)/b;2-1-;. The third-order valence-corrected chi connectivity index (χ3v) is 1.57. The zero-order chi connectivity index (χ0) is 18.4. The van der Waals surface area contributed by atoms with Gasteiger partial charge in [-0.25, -0.2) is 24.0 Å². The fourth-order valence-corrected chi connectivity index (χ4v) is 0.723. The molecule has 0 heterocycles. The smallest absolute Gasteiger partial charge is 0.414 e. The number of carbonyl (C=O) groups is 5. The van der Waals surface area contributed by atoms with Crippen LogP contribution >= 0.6 is 0 Å². The number of aromatic carboxylic acids is 1. The number of aliphatic carboxylic acids is 4. The van der Waals surface area contributed by atoms with E-state index in [9.17, 15) is 14.4 Å². The molecule has 0 aliphatic rings. The van der Waals surface area contributed by atoms with Crippen molar-refractivity contribution >= 4 is 29.8 Å². The summed E-state index contributed by atoms with van der Waals surface area (Å²) in [6.45, 7) is 0. The van der Waals surface area contributed by atoms with E-state index in [0.717, 1.165) is 0 Å². The highest BCUT2D eigenvalue weighted by Gasteiger charge is 2.04. The average molecular weight is 328 g/mol. The second-order valence-corrected chi connectivity index (χ2v) is 3.29. The van der Waals surface area contributed by atoms with Gasteiger partial charge in [-0.05, 0) is 12.1 Å². The molecule has 0 atom stereocenters. The summed E-state index contributed by atoms with van der Waals surface area (Å²) in [5.41, 5.74) is 0.331. The molecule has 0 radical (unpaired) electrons. The Morgan fingerprint density at radius 2 is 1.00 bits per heavy atom. The lowest BCUT2D eigenvalue weighted by Crippen LogP contribution is -2.09. The van der Waals surface area contributed by atoms with E-state index >= 15 is 0 Å². The second kappa shape index (κ2) is 12.1. The van der Waals surface area contributed by atoms with Gasteiger partial charge >= 0.3 is 29.8 Å². The van der Waals surface area contributed by atoms with E-state index in [4.69, 9.17) is 35.1 Å². The quantitative estimate of drug-likeness (QED) is 0.380. The minimum Gasteiger partial charge on any atom is -0.478 e. The Kier molecular flexibility index (Phi) is 11.3. The second-order valence-electron chi connectivity index (χ2n) is 3.29. The molecule has 0 saturated carbocycles. The predicted octanol–water partition coefficient (Wildman–Crippen LogP) is 0.252. The number of carboxylic acid groups (broad SMARTS) is 5. The molecule has 0 amide bonds. The van der Waals surface area contributed by atoms with Gasteiger partial charge in [0.1, 0.15) is 0 Å². The van der Waals surface area contributed by atoms with Gasteiger partial charge in [-0.3, -0.25) is 0 Å². The lowest BCUT2D eigenvalue weighted by atomic mass is 10.2. The van der Waals surface area contributed by atoms with E-state index in [2.05, 4.69) is 0 Å². The van der Waals surface area contributed by atoms with Crippen LogP contribution in [0.5, 0.6) is 0 Å². The van der Waals surface area contributed by atoms with E-state index in [0.29, 0.717) is 17.7 Å². The van der Waals surface area contributed by atoms with Gasteiger partial charge in [0.2, 0.25) is 0 Å². The lowest BCUT2D eigenvalue weighted by molar-refractivity contribution is -0.159. The van der Waals surface area contributed by atoms with Crippen LogP contribution < -0.4 is 0 Å². The Hall–Kier alpha value is -3.69. The normalized spacial score (nSPS) is 8.70. The molecule has 1 aromatic rings. The van der Waals surface area contributed by atoms with Gasteiger partial charge < -0.3 is 25.5 Å². The first-order valence-corrected chi connectivity index (χ1v) is 5.46. The number of benzene rings is 1. The van der Waals surface area contributed by atoms with Crippen LogP contribution in [0.4, 0.5) is 0 Å². The van der Waals surface area contributed by atoms with Crippen molar-refractivity contribution in [2.45, 2.75) is 0 Å². The Bertz CT molecular complexity index is 560. The van der Waals surface area contributed by atoms with Crippen molar-refractivity contribution in [3.05, 3.63) is 48.0 Å². The van der Waals surface area contributed by atoms with Gasteiger partial charge in [0.15, 0.2) is 0 Å². The van der Waals surface area contributed by atoms with Crippen LogP contribution in [0.15, 0.2) is 42.5 Å². The number of carboxylic acids is 5. The van der Waals surface area contributed by atoms with E-state index in [1.54, 1.807) is 30.3 Å². The van der Waals surface area contributed by atoms with Crippen molar-refractivity contribution in [3.8, 4) is 0 Å². The van der Waals surface area contributed by atoms with E-state index in [-0.39, 0.29) is 0 Å². The first-order chi connectivity index (χ1) is 10.6. The largest absolute Gasteiger partial charge is 0.478 e. The fraction of sp³-hybridized carbons (Fsp3) is 0. The van der Waals surface area contributed by atoms with Crippen molar-refractivity contribution in [1.82, 2.24) is 0 Å². The monoisotopic (exact) mass is 328 g/mol. The molecule has 23 heavy (non-hydrogen) atoms. The van der Waals surface area contributed by atoms with Gasteiger partial charge in [-0.2, -0.15) is 0 Å². The van der Waals surface area contributed by atoms with Crippen LogP contribution in [0, 0.1) is 0 Å². The van der Waals surface area contributed by atoms with Gasteiger partial charge in [0.05, 0.1) is 5.56 Å². The molecule has 124 valence electrons. The van der Waals surface area contributed by atoms with Gasteiger partial charge in [-0.15, -0.1) is 0 Å². The first-order valence-electron chi connectivity index (χ1n) is 5.46. The highest BCUT2D eigenvalue weighted by atomic mass is 16.4. The first kappa shape index (κ1) is 21.6. The van der Waals surface area contributed by atoms with Crippen LogP contribution in [0.2, 0.25) is 0 Å². The summed E-state index contributed by atoms with van der Waals surface area (Å²) < 4.78 is 0. The average Bonchev–Trinajstić information content (AvgIpc) is 2.47. The molecule has 0 saturated heterocycles. The minimum atomic E-state index is -1.82. The molecule has 0 spiro atoms. The van der Waals surface area contributed by atoms with Crippen LogP contribution in [-0.2, 0) is 19.2 Å². The Labute approximate surface area is 128 Å². The molecule has 0 aromatic heterocycles. The van der Waals surface area contributed by atoms with Crippen molar-refractivity contribution in [1.29, 1.82) is 0 Å². The summed E-state index contributed by atoms with van der Waals surface area (Å²) in [6, 6.07) is 8.30. The fourth-order valence-electron chi connectivity index (χ4n) is 0.723. The predicted molar refractivity (Wildman–Crippen MR) is 73.1 cm³/mol. The van der Waals surface area contributed by atoms with Crippen molar-refractivity contribution < 1.29 is 49.5 Å². The molecule has 0 aliphatic heterocycles. The Morgan fingerprint density at radius 3 is 1.17 bits per heavy atom. The third-order valence-electron chi connectivity index (χ3n) is 1.57. The lowest BCUT2D eigenvalue weighted by Gasteiger charge is -1.88. The van der Waals surface area contributed by atoms with E-state index in [1.807, 2.05) is 0 Å². The molecule has 0 unspecified atom stereocenters. The van der Waals surface area contributed by atoms with Gasteiger partial charge in [0.25, 0.3) is 0 Å². The third kappa shape index (κ3) is 16.3. The molecular formula is C13H12O10. The van der Waals surface area contributed by atoms with Crippen LogP contribution in [0.1, 0.15) is 10.4 Å². The molecule has 10 heteroatoms. The highest BCUT2D eigenvalue weighted by Crippen LogP contribution is 1.96. The summed E-state index contributed by atoms with van der Waals surface area (Å²) in [7, 11) is 0. The SMILES string of the molecule is O=C(O)/C=C\C(=O)O.O=C(O)C(=O)O.O=C(O)c1ccccc1. The Morgan fingerprint density at radius 1 is 0.652 bits per heavy atom. The molecule has 0 aliphatic carbocycles. The maximum atomic E-state index is 10.2. The summed E-state index contributed by atoms with van der Waals surface area (Å²) in [6.07, 6.45) is 1.12. The maximum Gasteiger partial charge on any atom is 0.414 e. The summed E-state index contributed by atoms with van der Waals surface area (Å²) >= 11 is 0. The van der Waals surface area contributed by atoms with Gasteiger partial charge in [-0.1, -0.05) is 18.2 Å². The maximum absolute atomic E-state index is 10.2. The van der Waals surface area contributed by atoms with Crippen LogP contribution in [-0.4, -0.2) is 55.4 Å². The molecule has 5 N–H and O–H groups in total. The molecule has 1 aromatic carbocycles. The zero-order valence-electron chi connectivity index (χ0n) is 11.3. The number of hydrogen-bond donors (Lipinski definition) is 5. The minimum absolute atomic E-state index is 0.331.